The summed E-state index contributed by atoms with van der Waals surface area (Å²) in [6.07, 6.45) is 2.12. The number of aryl methyl sites for hydroxylation is 3. The number of imidazole rings is 1. The zero-order valence-corrected chi connectivity index (χ0v) is 11.3. The van der Waals surface area contributed by atoms with Crippen LogP contribution in [0.4, 0.5) is 0 Å². The monoisotopic (exact) mass is 287 g/mol. The Kier molecular flexibility index (Phi) is 3.05. The van der Waals surface area contributed by atoms with Gasteiger partial charge in [0.25, 0.3) is 0 Å². The van der Waals surface area contributed by atoms with E-state index >= 15 is 0 Å². The Morgan fingerprint density at radius 3 is 2.90 bits per heavy atom. The number of H-pyrrole nitrogens is 1. The molecule has 3 rings (SSSR count). The third-order valence-electron chi connectivity index (χ3n) is 3.39. The molecule has 0 radical (unpaired) electrons. The lowest BCUT2D eigenvalue weighted by molar-refractivity contribution is 0.0697. The number of aromatic amines is 1. The van der Waals surface area contributed by atoms with Gasteiger partial charge < -0.3 is 14.7 Å². The molecule has 108 valence electrons. The van der Waals surface area contributed by atoms with Crippen molar-refractivity contribution in [2.45, 2.75) is 13.0 Å². The highest BCUT2D eigenvalue weighted by molar-refractivity contribution is 5.92. The summed E-state index contributed by atoms with van der Waals surface area (Å²) in [4.78, 5) is 25.7. The van der Waals surface area contributed by atoms with E-state index in [4.69, 9.17) is 5.11 Å². The van der Waals surface area contributed by atoms with Crippen molar-refractivity contribution in [3.05, 3.63) is 46.4 Å². The highest BCUT2D eigenvalue weighted by atomic mass is 16.4. The first-order valence-electron chi connectivity index (χ1n) is 6.35. The quantitative estimate of drug-likeness (QED) is 0.722. The van der Waals surface area contributed by atoms with Gasteiger partial charge in [0.15, 0.2) is 0 Å². The van der Waals surface area contributed by atoms with E-state index in [1.54, 1.807) is 17.0 Å². The maximum atomic E-state index is 12.0. The molecule has 2 heterocycles. The van der Waals surface area contributed by atoms with Crippen LogP contribution in [0, 0.1) is 0 Å². The number of hydrogen-bond acceptors (Lipinski definition) is 4. The van der Waals surface area contributed by atoms with E-state index in [1.807, 2.05) is 7.05 Å². The van der Waals surface area contributed by atoms with Crippen LogP contribution in [-0.2, 0) is 20.0 Å². The molecular weight excluding hydrogens is 274 g/mol. The molecule has 0 amide bonds. The van der Waals surface area contributed by atoms with Crippen molar-refractivity contribution in [2.75, 3.05) is 0 Å². The number of aromatic nitrogens is 5. The standard InChI is InChI=1S/C13H13N5O3/c1-17-7-14-16-11(17)4-5-18-10-6-8(12(19)20)2-3-9(10)15-13(18)21/h2-3,6-7H,4-5H2,1H3,(H,15,21)(H,19,20). The van der Waals surface area contributed by atoms with Gasteiger partial charge in [-0.3, -0.25) is 4.57 Å². The third-order valence-corrected chi connectivity index (χ3v) is 3.39. The molecule has 0 unspecified atom stereocenters. The zero-order valence-electron chi connectivity index (χ0n) is 11.3. The van der Waals surface area contributed by atoms with Crippen molar-refractivity contribution in [2.24, 2.45) is 7.05 Å². The molecule has 0 aliphatic heterocycles. The van der Waals surface area contributed by atoms with E-state index in [2.05, 4.69) is 15.2 Å². The number of aromatic carboxylic acids is 1. The van der Waals surface area contributed by atoms with Crippen LogP contribution in [0.15, 0.2) is 29.3 Å². The molecule has 1 aromatic carbocycles. The minimum absolute atomic E-state index is 0.147. The van der Waals surface area contributed by atoms with Gasteiger partial charge in [0.05, 0.1) is 16.6 Å². The van der Waals surface area contributed by atoms with Crippen LogP contribution in [0.3, 0.4) is 0 Å². The molecule has 0 bridgehead atoms. The van der Waals surface area contributed by atoms with E-state index in [0.717, 1.165) is 5.82 Å². The van der Waals surface area contributed by atoms with Crippen molar-refractivity contribution >= 4 is 17.0 Å². The number of benzene rings is 1. The Bertz CT molecular complexity index is 873. The SMILES string of the molecule is Cn1cnnc1CCn1c(=O)[nH]c2ccc(C(=O)O)cc21. The first-order valence-corrected chi connectivity index (χ1v) is 6.35. The molecule has 0 saturated heterocycles. The summed E-state index contributed by atoms with van der Waals surface area (Å²) in [5, 5.41) is 16.8. The van der Waals surface area contributed by atoms with Gasteiger partial charge in [0.2, 0.25) is 0 Å². The van der Waals surface area contributed by atoms with Crippen LogP contribution in [0.25, 0.3) is 11.0 Å². The zero-order chi connectivity index (χ0) is 15.0. The molecule has 3 aromatic rings. The lowest BCUT2D eigenvalue weighted by atomic mass is 10.2. The molecule has 8 nitrogen and oxygen atoms in total. The summed E-state index contributed by atoms with van der Waals surface area (Å²) in [6.45, 7) is 0.397. The number of fused-ring (bicyclic) bond motifs is 1. The van der Waals surface area contributed by atoms with Gasteiger partial charge in [0, 0.05) is 20.0 Å². The molecule has 0 aliphatic rings. The highest BCUT2D eigenvalue weighted by Gasteiger charge is 2.11. The molecule has 0 saturated carbocycles. The Hall–Kier alpha value is -2.90. The predicted octanol–water partition coefficient (Wildman–Crippen LogP) is 0.399. The number of carboxylic acids is 1. The van der Waals surface area contributed by atoms with E-state index in [-0.39, 0.29) is 11.3 Å². The van der Waals surface area contributed by atoms with E-state index in [1.165, 1.54) is 16.7 Å². The van der Waals surface area contributed by atoms with Crippen molar-refractivity contribution < 1.29 is 9.90 Å². The lowest BCUT2D eigenvalue weighted by Crippen LogP contribution is -2.18. The Morgan fingerprint density at radius 2 is 2.24 bits per heavy atom. The first kappa shape index (κ1) is 13.1. The number of rotatable bonds is 4. The van der Waals surface area contributed by atoms with Gasteiger partial charge in [-0.05, 0) is 18.2 Å². The highest BCUT2D eigenvalue weighted by Crippen LogP contribution is 2.13. The summed E-state index contributed by atoms with van der Waals surface area (Å²) in [6, 6.07) is 4.55. The Labute approximate surface area is 118 Å². The summed E-state index contributed by atoms with van der Waals surface area (Å²) in [7, 11) is 1.83. The third kappa shape index (κ3) is 2.31. The van der Waals surface area contributed by atoms with Gasteiger partial charge in [-0.2, -0.15) is 0 Å². The van der Waals surface area contributed by atoms with Crippen molar-refractivity contribution in [3.63, 3.8) is 0 Å². The largest absolute Gasteiger partial charge is 0.478 e. The predicted molar refractivity (Wildman–Crippen MR) is 74.2 cm³/mol. The number of nitrogens with zero attached hydrogens (tertiary/aromatic N) is 4. The second-order valence-corrected chi connectivity index (χ2v) is 4.73. The van der Waals surface area contributed by atoms with Crippen LogP contribution >= 0.6 is 0 Å². The van der Waals surface area contributed by atoms with E-state index in [9.17, 15) is 9.59 Å². The second kappa shape index (κ2) is 4.89. The van der Waals surface area contributed by atoms with Gasteiger partial charge in [-0.15, -0.1) is 10.2 Å². The molecule has 0 aliphatic carbocycles. The average molecular weight is 287 g/mol. The van der Waals surface area contributed by atoms with Crippen LogP contribution in [0.2, 0.25) is 0 Å². The lowest BCUT2D eigenvalue weighted by Gasteiger charge is -2.04. The molecule has 0 spiro atoms. The van der Waals surface area contributed by atoms with E-state index < -0.39 is 5.97 Å². The Balaban J connectivity index is 1.99. The van der Waals surface area contributed by atoms with Crippen LogP contribution in [0.1, 0.15) is 16.2 Å². The smallest absolute Gasteiger partial charge is 0.335 e. The first-order chi connectivity index (χ1) is 10.1. The molecule has 0 atom stereocenters. The fourth-order valence-corrected chi connectivity index (χ4v) is 2.25. The second-order valence-electron chi connectivity index (χ2n) is 4.73. The topological polar surface area (TPSA) is 106 Å². The van der Waals surface area contributed by atoms with Crippen LogP contribution in [0.5, 0.6) is 0 Å². The minimum atomic E-state index is -1.02. The minimum Gasteiger partial charge on any atom is -0.478 e. The molecule has 21 heavy (non-hydrogen) atoms. The molecule has 8 heteroatoms. The van der Waals surface area contributed by atoms with Crippen LogP contribution in [-0.4, -0.2) is 35.4 Å². The summed E-state index contributed by atoms with van der Waals surface area (Å²) < 4.78 is 3.29. The number of nitrogens with one attached hydrogen (secondary N) is 1. The fraction of sp³-hybridized carbons (Fsp3) is 0.231. The van der Waals surface area contributed by atoms with Crippen LogP contribution < -0.4 is 5.69 Å². The van der Waals surface area contributed by atoms with Crippen molar-refractivity contribution in [1.82, 2.24) is 24.3 Å². The van der Waals surface area contributed by atoms with Gasteiger partial charge >= 0.3 is 11.7 Å². The van der Waals surface area contributed by atoms with Gasteiger partial charge in [-0.25, -0.2) is 9.59 Å². The number of carboxylic acid groups (broad SMARTS) is 1. The fourth-order valence-electron chi connectivity index (χ4n) is 2.25. The molecule has 0 fully saturated rings. The van der Waals surface area contributed by atoms with E-state index in [0.29, 0.717) is 24.0 Å². The van der Waals surface area contributed by atoms with Crippen molar-refractivity contribution in [1.29, 1.82) is 0 Å². The van der Waals surface area contributed by atoms with Gasteiger partial charge in [-0.1, -0.05) is 0 Å². The summed E-state index contributed by atoms with van der Waals surface area (Å²) in [5.41, 5.74) is 1.06. The molecular formula is C13H13N5O3. The Morgan fingerprint density at radius 1 is 1.43 bits per heavy atom. The number of hydrogen-bond donors (Lipinski definition) is 2. The summed E-state index contributed by atoms with van der Waals surface area (Å²) >= 11 is 0. The summed E-state index contributed by atoms with van der Waals surface area (Å²) in [5.74, 6) is -0.268. The molecule has 2 N–H and O–H groups in total. The molecule has 2 aromatic heterocycles. The van der Waals surface area contributed by atoms with Gasteiger partial charge in [0.1, 0.15) is 12.2 Å². The number of carbonyl (C=O) groups is 1. The average Bonchev–Trinajstić information content (AvgIpc) is 2.98. The maximum absolute atomic E-state index is 12.0. The normalized spacial score (nSPS) is 11.1. The van der Waals surface area contributed by atoms with Crippen molar-refractivity contribution in [3.8, 4) is 0 Å². The maximum Gasteiger partial charge on any atom is 0.335 e.